The van der Waals surface area contributed by atoms with Crippen LogP contribution >= 0.6 is 12.4 Å². The average Bonchev–Trinajstić information content (AvgIpc) is 2.37. The molecule has 3 nitrogen and oxygen atoms in total. The molecule has 0 spiro atoms. The molecule has 0 radical (unpaired) electrons. The first-order valence-corrected chi connectivity index (χ1v) is 6.60. The standard InChI is InChI=1S/C15H23NO2.ClH/c1-15(2,3)16-9-10-17-14(11-16)12-18-13-7-5-4-6-8-13;/h4-8,14H,9-12H2,1-3H3;1H. The van der Waals surface area contributed by atoms with Crippen molar-refractivity contribution < 1.29 is 9.47 Å². The minimum atomic E-state index is 0. The SMILES string of the molecule is CC(C)(C)N1CCOC(COc2ccccc2)C1.Cl. The van der Waals surface area contributed by atoms with Crippen molar-refractivity contribution in [2.24, 2.45) is 0 Å². The van der Waals surface area contributed by atoms with Gasteiger partial charge in [-0.25, -0.2) is 0 Å². The molecular formula is C15H24ClNO2. The molecule has 0 N–H and O–H groups in total. The number of halogens is 1. The third-order valence-corrected chi connectivity index (χ3v) is 3.27. The Morgan fingerprint density at radius 3 is 2.58 bits per heavy atom. The van der Waals surface area contributed by atoms with E-state index in [1.54, 1.807) is 0 Å². The fourth-order valence-corrected chi connectivity index (χ4v) is 2.14. The summed E-state index contributed by atoms with van der Waals surface area (Å²) in [5.74, 6) is 0.911. The summed E-state index contributed by atoms with van der Waals surface area (Å²) in [7, 11) is 0. The predicted octanol–water partition coefficient (Wildman–Crippen LogP) is 2.99. The van der Waals surface area contributed by atoms with Crippen LogP contribution in [0.5, 0.6) is 5.75 Å². The minimum absolute atomic E-state index is 0. The summed E-state index contributed by atoms with van der Waals surface area (Å²) in [6.45, 7) is 10.1. The molecule has 0 aromatic heterocycles. The van der Waals surface area contributed by atoms with Gasteiger partial charge >= 0.3 is 0 Å². The second kappa shape index (κ2) is 7.13. The van der Waals surface area contributed by atoms with E-state index in [0.717, 1.165) is 25.4 Å². The van der Waals surface area contributed by atoms with Crippen molar-refractivity contribution in [2.75, 3.05) is 26.3 Å². The fraction of sp³-hybridized carbons (Fsp3) is 0.600. The number of hydrogen-bond acceptors (Lipinski definition) is 3. The Balaban J connectivity index is 0.00000180. The van der Waals surface area contributed by atoms with Crippen molar-refractivity contribution in [2.45, 2.75) is 32.4 Å². The molecule has 1 fully saturated rings. The summed E-state index contributed by atoms with van der Waals surface area (Å²) in [4.78, 5) is 2.45. The maximum absolute atomic E-state index is 5.76. The lowest BCUT2D eigenvalue weighted by atomic mass is 10.0. The van der Waals surface area contributed by atoms with E-state index in [4.69, 9.17) is 9.47 Å². The van der Waals surface area contributed by atoms with Gasteiger partial charge in [0.1, 0.15) is 18.5 Å². The summed E-state index contributed by atoms with van der Waals surface area (Å²) in [5.41, 5.74) is 0.203. The molecule has 0 amide bonds. The highest BCUT2D eigenvalue weighted by atomic mass is 35.5. The monoisotopic (exact) mass is 285 g/mol. The lowest BCUT2D eigenvalue weighted by molar-refractivity contribution is -0.0729. The van der Waals surface area contributed by atoms with Gasteiger partial charge in [-0.15, -0.1) is 12.4 Å². The predicted molar refractivity (Wildman–Crippen MR) is 80.3 cm³/mol. The van der Waals surface area contributed by atoms with E-state index >= 15 is 0 Å². The van der Waals surface area contributed by atoms with Gasteiger partial charge in [-0.05, 0) is 32.9 Å². The number of morpholine rings is 1. The first-order valence-electron chi connectivity index (χ1n) is 6.60. The van der Waals surface area contributed by atoms with E-state index in [-0.39, 0.29) is 24.0 Å². The van der Waals surface area contributed by atoms with Crippen molar-refractivity contribution in [1.29, 1.82) is 0 Å². The maximum Gasteiger partial charge on any atom is 0.119 e. The van der Waals surface area contributed by atoms with Gasteiger partial charge in [-0.2, -0.15) is 0 Å². The zero-order valence-corrected chi connectivity index (χ0v) is 12.8. The van der Waals surface area contributed by atoms with E-state index < -0.39 is 0 Å². The van der Waals surface area contributed by atoms with E-state index in [1.165, 1.54) is 0 Å². The van der Waals surface area contributed by atoms with Gasteiger partial charge < -0.3 is 9.47 Å². The molecule has 4 heteroatoms. The Hall–Kier alpha value is -0.770. The van der Waals surface area contributed by atoms with Crippen LogP contribution in [-0.2, 0) is 4.74 Å². The van der Waals surface area contributed by atoms with Crippen molar-refractivity contribution in [1.82, 2.24) is 4.90 Å². The molecular weight excluding hydrogens is 262 g/mol. The first-order chi connectivity index (χ1) is 8.55. The minimum Gasteiger partial charge on any atom is -0.491 e. The lowest BCUT2D eigenvalue weighted by Crippen LogP contribution is -2.52. The number of hydrogen-bond donors (Lipinski definition) is 0. The molecule has 1 unspecified atom stereocenters. The van der Waals surface area contributed by atoms with Crippen LogP contribution in [-0.4, -0.2) is 42.8 Å². The Morgan fingerprint density at radius 1 is 1.26 bits per heavy atom. The smallest absolute Gasteiger partial charge is 0.119 e. The first kappa shape index (κ1) is 16.3. The van der Waals surface area contributed by atoms with Crippen LogP contribution in [0, 0.1) is 0 Å². The summed E-state index contributed by atoms with van der Waals surface area (Å²) in [5, 5.41) is 0. The van der Waals surface area contributed by atoms with Crippen molar-refractivity contribution in [3.63, 3.8) is 0 Å². The molecule has 1 heterocycles. The molecule has 1 saturated heterocycles. The Morgan fingerprint density at radius 2 is 1.95 bits per heavy atom. The van der Waals surface area contributed by atoms with Crippen LogP contribution in [0.15, 0.2) is 30.3 Å². The van der Waals surface area contributed by atoms with Crippen LogP contribution < -0.4 is 4.74 Å². The number of benzene rings is 1. The summed E-state index contributed by atoms with van der Waals surface area (Å²) in [6, 6.07) is 9.91. The van der Waals surface area contributed by atoms with E-state index in [1.807, 2.05) is 30.3 Å². The number of rotatable bonds is 3. The van der Waals surface area contributed by atoms with E-state index in [0.29, 0.717) is 6.61 Å². The molecule has 0 bridgehead atoms. The third-order valence-electron chi connectivity index (χ3n) is 3.27. The normalized spacial score (nSPS) is 20.7. The van der Waals surface area contributed by atoms with Gasteiger partial charge in [0.15, 0.2) is 0 Å². The average molecular weight is 286 g/mol. The molecule has 0 aliphatic carbocycles. The van der Waals surface area contributed by atoms with Crippen LogP contribution in [0.1, 0.15) is 20.8 Å². The fourth-order valence-electron chi connectivity index (χ4n) is 2.14. The van der Waals surface area contributed by atoms with E-state index in [9.17, 15) is 0 Å². The molecule has 19 heavy (non-hydrogen) atoms. The summed E-state index contributed by atoms with van der Waals surface area (Å²) >= 11 is 0. The van der Waals surface area contributed by atoms with Gasteiger partial charge in [0.25, 0.3) is 0 Å². The Kier molecular flexibility index (Phi) is 6.11. The van der Waals surface area contributed by atoms with Crippen molar-refractivity contribution >= 4 is 12.4 Å². The molecule has 1 aromatic carbocycles. The topological polar surface area (TPSA) is 21.7 Å². The molecule has 1 aliphatic heterocycles. The zero-order chi connectivity index (χ0) is 13.0. The van der Waals surface area contributed by atoms with Crippen molar-refractivity contribution in [3.05, 3.63) is 30.3 Å². The number of nitrogens with zero attached hydrogens (tertiary/aromatic N) is 1. The third kappa shape index (κ3) is 5.01. The zero-order valence-electron chi connectivity index (χ0n) is 12.0. The summed E-state index contributed by atoms with van der Waals surface area (Å²) in [6.07, 6.45) is 0.165. The Bertz CT molecular complexity index is 364. The van der Waals surface area contributed by atoms with Crippen LogP contribution in [0.3, 0.4) is 0 Å². The van der Waals surface area contributed by atoms with Crippen molar-refractivity contribution in [3.8, 4) is 5.75 Å². The highest BCUT2D eigenvalue weighted by Crippen LogP contribution is 2.18. The number of para-hydroxylation sites is 1. The molecule has 1 aliphatic rings. The summed E-state index contributed by atoms with van der Waals surface area (Å²) < 4.78 is 11.5. The van der Waals surface area contributed by atoms with Crippen LogP contribution in [0.25, 0.3) is 0 Å². The maximum atomic E-state index is 5.76. The van der Waals surface area contributed by atoms with Crippen LogP contribution in [0.4, 0.5) is 0 Å². The molecule has 1 aromatic rings. The Labute approximate surface area is 122 Å². The van der Waals surface area contributed by atoms with Gasteiger partial charge in [-0.3, -0.25) is 4.90 Å². The van der Waals surface area contributed by atoms with Gasteiger partial charge in [0, 0.05) is 18.6 Å². The van der Waals surface area contributed by atoms with Gasteiger partial charge in [0.2, 0.25) is 0 Å². The quantitative estimate of drug-likeness (QED) is 0.852. The molecule has 0 saturated carbocycles. The second-order valence-corrected chi connectivity index (χ2v) is 5.73. The lowest BCUT2D eigenvalue weighted by Gasteiger charge is -2.41. The molecule has 1 atom stereocenters. The highest BCUT2D eigenvalue weighted by molar-refractivity contribution is 5.85. The van der Waals surface area contributed by atoms with Gasteiger partial charge in [-0.1, -0.05) is 18.2 Å². The van der Waals surface area contributed by atoms with Gasteiger partial charge in [0.05, 0.1) is 6.61 Å². The van der Waals surface area contributed by atoms with E-state index in [2.05, 4.69) is 25.7 Å². The second-order valence-electron chi connectivity index (χ2n) is 5.73. The largest absolute Gasteiger partial charge is 0.491 e. The number of ether oxygens (including phenoxy) is 2. The molecule has 2 rings (SSSR count). The molecule has 108 valence electrons. The highest BCUT2D eigenvalue weighted by Gasteiger charge is 2.28. The van der Waals surface area contributed by atoms with Crippen LogP contribution in [0.2, 0.25) is 0 Å².